The van der Waals surface area contributed by atoms with Gasteiger partial charge in [0.25, 0.3) is 0 Å². The fraction of sp³-hybridized carbons (Fsp3) is 0.652. The third kappa shape index (κ3) is 3.22. The van der Waals surface area contributed by atoms with E-state index >= 15 is 4.39 Å². The van der Waals surface area contributed by atoms with Gasteiger partial charge in [-0.2, -0.15) is 0 Å². The van der Waals surface area contributed by atoms with Crippen molar-refractivity contribution in [3.05, 3.63) is 30.2 Å². The first-order chi connectivity index (χ1) is 13.3. The largest absolute Gasteiger partial charge is 0.497 e. The summed E-state index contributed by atoms with van der Waals surface area (Å²) < 4.78 is 30.7. The fourth-order valence-corrected chi connectivity index (χ4v) is 12.1. The van der Waals surface area contributed by atoms with Gasteiger partial charge < -0.3 is 13.5 Å². The number of fused-ring (bicyclic) bond motifs is 1. The van der Waals surface area contributed by atoms with Crippen LogP contribution in [0.25, 0.3) is 10.9 Å². The molecule has 1 aromatic heterocycles. The predicted molar refractivity (Wildman–Crippen MR) is 124 cm³/mol. The third-order valence-electron chi connectivity index (χ3n) is 7.52. The van der Waals surface area contributed by atoms with E-state index in [4.69, 9.17) is 9.31 Å². The van der Waals surface area contributed by atoms with E-state index in [1.54, 1.807) is 0 Å². The Morgan fingerprint density at radius 3 is 1.79 bits per heavy atom. The minimum absolute atomic E-state index is 0.204. The van der Waals surface area contributed by atoms with E-state index in [9.17, 15) is 0 Å². The summed E-state index contributed by atoms with van der Waals surface area (Å²) in [5.74, 6) is -0.204. The van der Waals surface area contributed by atoms with E-state index in [1.165, 1.54) is 0 Å². The summed E-state index contributed by atoms with van der Waals surface area (Å²) in [5, 5.41) is 0.946. The second-order valence-electron chi connectivity index (χ2n) is 10.5. The van der Waals surface area contributed by atoms with Crippen molar-refractivity contribution in [1.29, 1.82) is 0 Å². The summed E-state index contributed by atoms with van der Waals surface area (Å²) in [7, 11) is -2.76. The highest BCUT2D eigenvalue weighted by atomic mass is 28.3. The molecule has 3 rings (SSSR count). The Morgan fingerprint density at radius 1 is 0.862 bits per heavy atom. The Morgan fingerprint density at radius 2 is 1.34 bits per heavy atom. The van der Waals surface area contributed by atoms with Crippen LogP contribution >= 0.6 is 0 Å². The lowest BCUT2D eigenvalue weighted by atomic mass is 9.78. The van der Waals surface area contributed by atoms with Crippen molar-refractivity contribution in [2.45, 2.75) is 97.1 Å². The van der Waals surface area contributed by atoms with E-state index in [0.717, 1.165) is 5.39 Å². The zero-order valence-corrected chi connectivity index (χ0v) is 20.8. The van der Waals surface area contributed by atoms with E-state index in [-0.39, 0.29) is 5.82 Å². The molecule has 0 unspecified atom stereocenters. The number of hydrogen-bond donors (Lipinski definition) is 0. The van der Waals surface area contributed by atoms with Gasteiger partial charge in [-0.25, -0.2) is 4.39 Å². The maximum atomic E-state index is 16.1. The van der Waals surface area contributed by atoms with Gasteiger partial charge in [-0.3, -0.25) is 0 Å². The Balaban J connectivity index is 2.22. The topological polar surface area (TPSA) is 23.4 Å². The number of nitrogens with zero attached hydrogens (tertiary/aromatic N) is 1. The molecule has 0 bridgehead atoms. The minimum atomic E-state index is -2.07. The summed E-state index contributed by atoms with van der Waals surface area (Å²) in [5.41, 5.74) is 1.67. The molecule has 1 aromatic carbocycles. The molecule has 0 aliphatic carbocycles. The molecule has 0 atom stereocenters. The summed E-state index contributed by atoms with van der Waals surface area (Å²) >= 11 is 0. The summed E-state index contributed by atoms with van der Waals surface area (Å²) in [4.78, 5) is 0. The van der Waals surface area contributed by atoms with Crippen LogP contribution in [0.15, 0.2) is 24.4 Å². The van der Waals surface area contributed by atoms with Crippen molar-refractivity contribution in [1.82, 2.24) is 4.23 Å². The number of benzene rings is 1. The van der Waals surface area contributed by atoms with E-state index in [0.29, 0.717) is 27.6 Å². The Kier molecular flexibility index (Phi) is 5.64. The first kappa shape index (κ1) is 22.6. The molecule has 6 heteroatoms. The Hall–Kier alpha value is -1.11. The molecule has 160 valence electrons. The van der Waals surface area contributed by atoms with Gasteiger partial charge in [-0.05, 0) is 56.6 Å². The predicted octanol–water partition coefficient (Wildman–Crippen LogP) is 6.10. The quantitative estimate of drug-likeness (QED) is 0.549. The number of halogens is 1. The highest BCUT2D eigenvalue weighted by Gasteiger charge is 2.53. The molecular formula is C23H37BFNO2Si. The molecule has 1 fully saturated rings. The number of aromatic nitrogens is 1. The molecule has 2 aromatic rings. The van der Waals surface area contributed by atoms with Crippen molar-refractivity contribution in [3.8, 4) is 0 Å². The molecule has 1 aliphatic heterocycles. The van der Waals surface area contributed by atoms with Crippen LogP contribution in [0, 0.1) is 5.82 Å². The van der Waals surface area contributed by atoms with Gasteiger partial charge in [0.15, 0.2) is 8.24 Å². The minimum Gasteiger partial charge on any atom is -0.399 e. The zero-order valence-electron chi connectivity index (χ0n) is 19.8. The highest BCUT2D eigenvalue weighted by molar-refractivity contribution is 6.82. The number of rotatable bonds is 5. The maximum Gasteiger partial charge on any atom is 0.497 e. The summed E-state index contributed by atoms with van der Waals surface area (Å²) in [6.45, 7) is 21.8. The van der Waals surface area contributed by atoms with Crippen LogP contribution in [-0.2, 0) is 9.31 Å². The first-order valence-electron chi connectivity index (χ1n) is 10.9. The lowest BCUT2D eigenvalue weighted by molar-refractivity contribution is 0.00578. The first-order valence-corrected chi connectivity index (χ1v) is 13.1. The molecule has 0 saturated carbocycles. The van der Waals surface area contributed by atoms with Gasteiger partial charge >= 0.3 is 7.12 Å². The smallest absolute Gasteiger partial charge is 0.399 e. The summed E-state index contributed by atoms with van der Waals surface area (Å²) in [6.07, 6.45) is 2.12. The SMILES string of the molecule is CC(C)[Si](C(C)C)(C(C)C)n1ccc2ccc(B3OC(C)(C)C(C)(C)O3)c(F)c21. The van der Waals surface area contributed by atoms with Crippen molar-refractivity contribution >= 4 is 31.7 Å². The second-order valence-corrected chi connectivity index (χ2v) is 16.3. The normalized spacial score (nSPS) is 19.3. The second kappa shape index (κ2) is 7.24. The molecule has 2 heterocycles. The lowest BCUT2D eigenvalue weighted by Crippen LogP contribution is -2.52. The van der Waals surface area contributed by atoms with Gasteiger partial charge in [0.2, 0.25) is 0 Å². The van der Waals surface area contributed by atoms with Crippen molar-refractivity contribution < 1.29 is 13.7 Å². The molecule has 1 saturated heterocycles. The van der Waals surface area contributed by atoms with Crippen LogP contribution < -0.4 is 5.46 Å². The standard InChI is InChI=1S/C23H37BFNO2Si/c1-15(2)29(16(3)4,17(5)6)26-14-13-18-11-12-19(20(25)21(18)26)24-27-22(7,8)23(9,10)28-24/h11-17H,1-10H3. The van der Waals surface area contributed by atoms with E-state index in [1.807, 2.05) is 39.8 Å². The van der Waals surface area contributed by atoms with Crippen LogP contribution in [0.5, 0.6) is 0 Å². The van der Waals surface area contributed by atoms with Gasteiger partial charge in [0.05, 0.1) is 16.7 Å². The third-order valence-corrected chi connectivity index (χ3v) is 14.3. The van der Waals surface area contributed by atoms with Crippen LogP contribution in [0.4, 0.5) is 4.39 Å². The molecule has 3 nitrogen and oxygen atoms in total. The van der Waals surface area contributed by atoms with Gasteiger partial charge in [0.1, 0.15) is 5.82 Å². The number of hydrogen-bond acceptors (Lipinski definition) is 2. The van der Waals surface area contributed by atoms with Crippen LogP contribution in [0.2, 0.25) is 16.6 Å². The molecule has 0 radical (unpaired) electrons. The fourth-order valence-electron chi connectivity index (χ4n) is 5.51. The van der Waals surface area contributed by atoms with Crippen molar-refractivity contribution in [2.75, 3.05) is 0 Å². The van der Waals surface area contributed by atoms with E-state index in [2.05, 4.69) is 58.0 Å². The highest BCUT2D eigenvalue weighted by Crippen LogP contribution is 2.44. The van der Waals surface area contributed by atoms with Crippen molar-refractivity contribution in [3.63, 3.8) is 0 Å². The molecule has 0 spiro atoms. The van der Waals surface area contributed by atoms with Gasteiger partial charge in [0, 0.05) is 10.8 Å². The molecule has 0 amide bonds. The lowest BCUT2D eigenvalue weighted by Gasteiger charge is -2.44. The van der Waals surface area contributed by atoms with Crippen LogP contribution in [0.3, 0.4) is 0 Å². The molecule has 1 aliphatic rings. The Bertz CT molecular complexity index is 866. The van der Waals surface area contributed by atoms with Crippen LogP contribution in [-0.4, -0.2) is 30.8 Å². The van der Waals surface area contributed by atoms with Crippen molar-refractivity contribution in [2.24, 2.45) is 0 Å². The Labute approximate surface area is 177 Å². The monoisotopic (exact) mass is 417 g/mol. The average Bonchev–Trinajstić information content (AvgIpc) is 3.07. The molecule has 0 N–H and O–H groups in total. The average molecular weight is 417 g/mol. The molecule has 29 heavy (non-hydrogen) atoms. The zero-order chi connectivity index (χ0) is 21.9. The van der Waals surface area contributed by atoms with Gasteiger partial charge in [-0.1, -0.05) is 53.7 Å². The van der Waals surface area contributed by atoms with Crippen LogP contribution in [0.1, 0.15) is 69.2 Å². The summed E-state index contributed by atoms with van der Waals surface area (Å²) in [6, 6.07) is 5.89. The maximum absolute atomic E-state index is 16.1. The van der Waals surface area contributed by atoms with E-state index < -0.39 is 26.6 Å². The van der Waals surface area contributed by atoms with Gasteiger partial charge in [-0.15, -0.1) is 0 Å². The molecular weight excluding hydrogens is 380 g/mol.